The van der Waals surface area contributed by atoms with E-state index in [0.717, 1.165) is 0 Å². The largest absolute Gasteiger partial charge is 0.493 e. The van der Waals surface area contributed by atoms with E-state index in [4.69, 9.17) is 30.5 Å². The van der Waals surface area contributed by atoms with Crippen LogP contribution in [0.25, 0.3) is 0 Å². The van der Waals surface area contributed by atoms with Crippen molar-refractivity contribution in [2.24, 2.45) is 0 Å². The molecule has 0 atom stereocenters. The van der Waals surface area contributed by atoms with Gasteiger partial charge in [-0.15, -0.1) is 0 Å². The Labute approximate surface area is 122 Å². The van der Waals surface area contributed by atoms with Crippen molar-refractivity contribution < 1.29 is 23.7 Å². The number of nitrogens with one attached hydrogen (secondary N) is 1. The Bertz CT molecular complexity index is 462. The molecule has 0 saturated heterocycles. The summed E-state index contributed by atoms with van der Waals surface area (Å²) < 4.78 is 20.2. The number of halogens is 1. The lowest BCUT2D eigenvalue weighted by molar-refractivity contribution is -0.0974. The highest BCUT2D eigenvalue weighted by molar-refractivity contribution is 6.35. The predicted octanol–water partition coefficient (Wildman–Crippen LogP) is 1.71. The van der Waals surface area contributed by atoms with Crippen molar-refractivity contribution in [1.29, 1.82) is 0 Å². The molecule has 0 heterocycles. The molecule has 1 aromatic carbocycles. The average molecular weight is 304 g/mol. The van der Waals surface area contributed by atoms with Crippen molar-refractivity contribution >= 4 is 17.5 Å². The molecule has 0 aliphatic heterocycles. The second-order valence-electron chi connectivity index (χ2n) is 3.77. The molecule has 0 aromatic heterocycles. The standard InChI is InChI=1S/C13H18ClNO5/c1-17-9-6-5-8(11(14)12(9)20-4)13(16)15-7-10(18-2)19-3/h5-6,10H,7H2,1-4H3,(H,15,16). The highest BCUT2D eigenvalue weighted by atomic mass is 35.5. The van der Waals surface area contributed by atoms with Crippen LogP contribution in [0.2, 0.25) is 5.02 Å². The van der Waals surface area contributed by atoms with Gasteiger partial charge in [-0.1, -0.05) is 11.6 Å². The van der Waals surface area contributed by atoms with Gasteiger partial charge in [0.25, 0.3) is 5.91 Å². The van der Waals surface area contributed by atoms with Gasteiger partial charge in [-0.3, -0.25) is 4.79 Å². The fourth-order valence-corrected chi connectivity index (χ4v) is 1.92. The van der Waals surface area contributed by atoms with Crippen LogP contribution in [0.4, 0.5) is 0 Å². The van der Waals surface area contributed by atoms with Crippen molar-refractivity contribution in [3.63, 3.8) is 0 Å². The first-order chi connectivity index (χ1) is 9.58. The molecule has 1 aromatic rings. The fraction of sp³-hybridized carbons (Fsp3) is 0.462. The third-order valence-electron chi connectivity index (χ3n) is 2.68. The Balaban J connectivity index is 2.88. The third kappa shape index (κ3) is 3.75. The van der Waals surface area contributed by atoms with Crippen LogP contribution in [-0.2, 0) is 9.47 Å². The normalized spacial score (nSPS) is 10.5. The molecule has 6 nitrogen and oxygen atoms in total. The lowest BCUT2D eigenvalue weighted by atomic mass is 10.2. The van der Waals surface area contributed by atoms with Gasteiger partial charge in [-0.2, -0.15) is 0 Å². The molecule has 0 aliphatic rings. The Morgan fingerprint density at radius 2 is 1.85 bits per heavy atom. The molecular weight excluding hydrogens is 286 g/mol. The molecule has 0 saturated carbocycles. The van der Waals surface area contributed by atoms with E-state index in [2.05, 4.69) is 5.32 Å². The highest BCUT2D eigenvalue weighted by Gasteiger charge is 2.18. The first kappa shape index (κ1) is 16.6. The SMILES string of the molecule is COc1ccc(C(=O)NCC(OC)OC)c(Cl)c1OC. The Kier molecular flexibility index (Phi) is 6.57. The van der Waals surface area contributed by atoms with Gasteiger partial charge >= 0.3 is 0 Å². The van der Waals surface area contributed by atoms with Crippen molar-refractivity contribution in [3.05, 3.63) is 22.7 Å². The van der Waals surface area contributed by atoms with E-state index in [1.165, 1.54) is 28.4 Å². The molecule has 0 bridgehead atoms. The van der Waals surface area contributed by atoms with Gasteiger partial charge in [0.1, 0.15) is 0 Å². The Morgan fingerprint density at radius 1 is 1.20 bits per heavy atom. The number of amides is 1. The maximum Gasteiger partial charge on any atom is 0.253 e. The minimum atomic E-state index is -0.516. The second-order valence-corrected chi connectivity index (χ2v) is 4.15. The summed E-state index contributed by atoms with van der Waals surface area (Å²) >= 11 is 6.14. The van der Waals surface area contributed by atoms with E-state index < -0.39 is 6.29 Å². The van der Waals surface area contributed by atoms with Crippen molar-refractivity contribution in [2.45, 2.75) is 6.29 Å². The summed E-state index contributed by atoms with van der Waals surface area (Å²) in [6, 6.07) is 3.18. The molecule has 0 radical (unpaired) electrons. The summed E-state index contributed by atoms with van der Waals surface area (Å²) in [6.45, 7) is 0.205. The van der Waals surface area contributed by atoms with E-state index in [1.54, 1.807) is 12.1 Å². The summed E-state index contributed by atoms with van der Waals surface area (Å²) in [7, 11) is 5.93. The van der Waals surface area contributed by atoms with Gasteiger partial charge < -0.3 is 24.3 Å². The van der Waals surface area contributed by atoms with Crippen molar-refractivity contribution in [2.75, 3.05) is 35.0 Å². The van der Waals surface area contributed by atoms with Crippen LogP contribution >= 0.6 is 11.6 Å². The molecule has 112 valence electrons. The molecule has 0 unspecified atom stereocenters. The monoisotopic (exact) mass is 303 g/mol. The van der Waals surface area contributed by atoms with Crippen LogP contribution in [-0.4, -0.2) is 47.2 Å². The van der Waals surface area contributed by atoms with Crippen LogP contribution in [0, 0.1) is 0 Å². The van der Waals surface area contributed by atoms with E-state index >= 15 is 0 Å². The predicted molar refractivity (Wildman–Crippen MR) is 74.7 cm³/mol. The number of carbonyl (C=O) groups excluding carboxylic acids is 1. The first-order valence-corrected chi connectivity index (χ1v) is 6.21. The number of hydrogen-bond acceptors (Lipinski definition) is 5. The van der Waals surface area contributed by atoms with Gasteiger partial charge in [0.15, 0.2) is 17.8 Å². The Hall–Kier alpha value is -1.50. The minimum absolute atomic E-state index is 0.190. The van der Waals surface area contributed by atoms with Gasteiger partial charge in [-0.05, 0) is 12.1 Å². The third-order valence-corrected chi connectivity index (χ3v) is 3.06. The van der Waals surface area contributed by atoms with E-state index in [9.17, 15) is 4.79 Å². The van der Waals surface area contributed by atoms with Crippen LogP contribution in [0.1, 0.15) is 10.4 Å². The van der Waals surface area contributed by atoms with Gasteiger partial charge in [0.05, 0.1) is 31.4 Å². The minimum Gasteiger partial charge on any atom is -0.493 e. The van der Waals surface area contributed by atoms with Gasteiger partial charge in [0, 0.05) is 14.2 Å². The maximum atomic E-state index is 12.1. The van der Waals surface area contributed by atoms with Gasteiger partial charge in [-0.25, -0.2) is 0 Å². The number of hydrogen-bond donors (Lipinski definition) is 1. The molecule has 0 fully saturated rings. The molecule has 7 heteroatoms. The number of ether oxygens (including phenoxy) is 4. The molecule has 20 heavy (non-hydrogen) atoms. The molecule has 1 rings (SSSR count). The van der Waals surface area contributed by atoms with Crippen molar-refractivity contribution in [1.82, 2.24) is 5.32 Å². The number of rotatable bonds is 7. The summed E-state index contributed by atoms with van der Waals surface area (Å²) in [6.07, 6.45) is -0.516. The zero-order valence-electron chi connectivity index (χ0n) is 11.9. The highest BCUT2D eigenvalue weighted by Crippen LogP contribution is 2.37. The first-order valence-electron chi connectivity index (χ1n) is 5.83. The Morgan fingerprint density at radius 3 is 2.35 bits per heavy atom. The number of benzene rings is 1. The maximum absolute atomic E-state index is 12.1. The quantitative estimate of drug-likeness (QED) is 0.777. The summed E-state index contributed by atoms with van der Waals surface area (Å²) in [5.74, 6) is 0.424. The molecule has 0 aliphatic carbocycles. The van der Waals surface area contributed by atoms with Crippen LogP contribution in [0.3, 0.4) is 0 Å². The van der Waals surface area contributed by atoms with Crippen LogP contribution < -0.4 is 14.8 Å². The lowest BCUT2D eigenvalue weighted by Gasteiger charge is -2.15. The van der Waals surface area contributed by atoms with Crippen molar-refractivity contribution in [3.8, 4) is 11.5 Å². The van der Waals surface area contributed by atoms with Crippen LogP contribution in [0.15, 0.2) is 12.1 Å². The second kappa shape index (κ2) is 7.94. The lowest BCUT2D eigenvalue weighted by Crippen LogP contribution is -2.34. The van der Waals surface area contributed by atoms with E-state index in [1.807, 2.05) is 0 Å². The van der Waals surface area contributed by atoms with Gasteiger partial charge in [0.2, 0.25) is 0 Å². The number of carbonyl (C=O) groups is 1. The fourth-order valence-electron chi connectivity index (χ4n) is 1.60. The van der Waals surface area contributed by atoms with E-state index in [-0.39, 0.29) is 23.0 Å². The summed E-state index contributed by atoms with van der Waals surface area (Å²) in [4.78, 5) is 12.1. The smallest absolute Gasteiger partial charge is 0.253 e. The van der Waals surface area contributed by atoms with E-state index in [0.29, 0.717) is 11.5 Å². The average Bonchev–Trinajstić information content (AvgIpc) is 2.47. The molecule has 1 amide bonds. The molecule has 1 N–H and O–H groups in total. The summed E-state index contributed by atoms with van der Waals surface area (Å²) in [5, 5.41) is 2.85. The van der Waals surface area contributed by atoms with Crippen LogP contribution in [0.5, 0.6) is 11.5 Å². The number of methoxy groups -OCH3 is 4. The zero-order chi connectivity index (χ0) is 15.1. The topological polar surface area (TPSA) is 66.0 Å². The molecule has 0 spiro atoms. The summed E-state index contributed by atoms with van der Waals surface area (Å²) in [5.41, 5.74) is 0.287. The zero-order valence-corrected chi connectivity index (χ0v) is 12.6. The molecular formula is C13H18ClNO5.